The molecule has 0 radical (unpaired) electrons. The van der Waals surface area contributed by atoms with Crippen LogP contribution in [0.1, 0.15) is 31.1 Å². The molecule has 0 saturated heterocycles. The molecule has 0 atom stereocenters. The van der Waals surface area contributed by atoms with Crippen LogP contribution in [0.5, 0.6) is 0 Å². The fraction of sp³-hybridized carbons (Fsp3) is 0.357. The molecular formula is C14H19N3O4. The van der Waals surface area contributed by atoms with Crippen molar-refractivity contribution in [3.05, 3.63) is 23.8 Å². The molecule has 7 nitrogen and oxygen atoms in total. The van der Waals surface area contributed by atoms with E-state index in [1.807, 2.05) is 0 Å². The number of rotatable bonds is 5. The van der Waals surface area contributed by atoms with Crippen LogP contribution in [0.3, 0.4) is 0 Å². The monoisotopic (exact) mass is 293 g/mol. The third kappa shape index (κ3) is 4.28. The van der Waals surface area contributed by atoms with Gasteiger partial charge in [-0.3, -0.25) is 9.59 Å². The summed E-state index contributed by atoms with van der Waals surface area (Å²) in [5, 5.41) is 14.2. The molecule has 0 aliphatic carbocycles. The van der Waals surface area contributed by atoms with E-state index in [1.165, 1.54) is 25.1 Å². The van der Waals surface area contributed by atoms with Gasteiger partial charge in [-0.1, -0.05) is 0 Å². The molecule has 0 aliphatic heterocycles. The second-order valence-corrected chi connectivity index (χ2v) is 5.29. The molecule has 114 valence electrons. The van der Waals surface area contributed by atoms with Crippen LogP contribution >= 0.6 is 0 Å². The average Bonchev–Trinajstić information content (AvgIpc) is 2.39. The normalized spacial score (nSPS) is 10.9. The Morgan fingerprint density at radius 1 is 1.24 bits per heavy atom. The number of aromatic carboxylic acids is 1. The number of amides is 2. The maximum absolute atomic E-state index is 12.0. The molecule has 0 spiro atoms. The minimum atomic E-state index is -1.21. The first-order valence-electron chi connectivity index (χ1n) is 6.34. The molecule has 0 bridgehead atoms. The zero-order chi connectivity index (χ0) is 16.2. The lowest BCUT2D eigenvalue weighted by Gasteiger charge is -2.22. The van der Waals surface area contributed by atoms with Gasteiger partial charge < -0.3 is 21.5 Å². The van der Waals surface area contributed by atoms with Gasteiger partial charge in [0.05, 0.1) is 16.7 Å². The minimum absolute atomic E-state index is 0.109. The van der Waals surface area contributed by atoms with Gasteiger partial charge in [-0.25, -0.2) is 4.79 Å². The van der Waals surface area contributed by atoms with Crippen molar-refractivity contribution in [2.24, 2.45) is 11.1 Å². The second-order valence-electron chi connectivity index (χ2n) is 5.29. The topological polar surface area (TPSA) is 122 Å². The van der Waals surface area contributed by atoms with Crippen molar-refractivity contribution >= 4 is 29.2 Å². The Balaban J connectivity index is 3.10. The van der Waals surface area contributed by atoms with E-state index in [2.05, 4.69) is 10.6 Å². The third-order valence-corrected chi connectivity index (χ3v) is 2.94. The van der Waals surface area contributed by atoms with Crippen molar-refractivity contribution in [1.29, 1.82) is 0 Å². The Morgan fingerprint density at radius 3 is 2.33 bits per heavy atom. The molecule has 5 N–H and O–H groups in total. The number of carbonyl (C=O) groups excluding carboxylic acids is 2. The van der Waals surface area contributed by atoms with Gasteiger partial charge in [-0.15, -0.1) is 0 Å². The van der Waals surface area contributed by atoms with Crippen LogP contribution in [0, 0.1) is 5.41 Å². The van der Waals surface area contributed by atoms with E-state index >= 15 is 0 Å². The SMILES string of the molecule is CC(=O)Nc1ccc(NC(=O)C(C)(C)CN)c(C(=O)O)c1. The highest BCUT2D eigenvalue weighted by Gasteiger charge is 2.27. The van der Waals surface area contributed by atoms with Crippen molar-refractivity contribution in [3.8, 4) is 0 Å². The van der Waals surface area contributed by atoms with E-state index in [1.54, 1.807) is 13.8 Å². The van der Waals surface area contributed by atoms with Gasteiger partial charge in [0.25, 0.3) is 0 Å². The molecule has 7 heteroatoms. The molecule has 1 aromatic rings. The van der Waals surface area contributed by atoms with E-state index in [0.29, 0.717) is 5.69 Å². The zero-order valence-corrected chi connectivity index (χ0v) is 12.2. The van der Waals surface area contributed by atoms with Crippen LogP contribution in [-0.2, 0) is 9.59 Å². The summed E-state index contributed by atoms with van der Waals surface area (Å²) in [7, 11) is 0. The van der Waals surface area contributed by atoms with E-state index in [4.69, 9.17) is 5.73 Å². The third-order valence-electron chi connectivity index (χ3n) is 2.94. The van der Waals surface area contributed by atoms with Crippen molar-refractivity contribution in [3.63, 3.8) is 0 Å². The van der Waals surface area contributed by atoms with Crippen LogP contribution in [0.4, 0.5) is 11.4 Å². The van der Waals surface area contributed by atoms with Crippen LogP contribution < -0.4 is 16.4 Å². The maximum Gasteiger partial charge on any atom is 0.337 e. The summed E-state index contributed by atoms with van der Waals surface area (Å²) >= 11 is 0. The van der Waals surface area contributed by atoms with E-state index in [9.17, 15) is 19.5 Å². The van der Waals surface area contributed by atoms with Gasteiger partial charge in [0, 0.05) is 19.2 Å². The van der Waals surface area contributed by atoms with Crippen molar-refractivity contribution in [1.82, 2.24) is 0 Å². The minimum Gasteiger partial charge on any atom is -0.478 e. The fourth-order valence-corrected chi connectivity index (χ4v) is 1.50. The predicted molar refractivity (Wildman–Crippen MR) is 79.2 cm³/mol. The molecule has 0 heterocycles. The quantitative estimate of drug-likeness (QED) is 0.651. The Bertz CT molecular complexity index is 582. The second kappa shape index (κ2) is 6.36. The number of carboxylic acids is 1. The molecule has 0 aliphatic rings. The first-order valence-corrected chi connectivity index (χ1v) is 6.34. The van der Waals surface area contributed by atoms with Crippen LogP contribution in [0.2, 0.25) is 0 Å². The first kappa shape index (κ1) is 16.6. The van der Waals surface area contributed by atoms with Crippen molar-refractivity contribution in [2.75, 3.05) is 17.2 Å². The van der Waals surface area contributed by atoms with Crippen LogP contribution in [-0.4, -0.2) is 29.4 Å². The van der Waals surface area contributed by atoms with Gasteiger partial charge in [-0.05, 0) is 32.0 Å². The zero-order valence-electron chi connectivity index (χ0n) is 12.2. The predicted octanol–water partition coefficient (Wildman–Crippen LogP) is 1.27. The Hall–Kier alpha value is -2.41. The number of nitrogens with one attached hydrogen (secondary N) is 2. The summed E-state index contributed by atoms with van der Waals surface area (Å²) < 4.78 is 0. The molecule has 0 saturated carbocycles. The average molecular weight is 293 g/mol. The highest BCUT2D eigenvalue weighted by atomic mass is 16.4. The Kier molecular flexibility index (Phi) is 5.04. The highest BCUT2D eigenvalue weighted by molar-refractivity contribution is 6.03. The van der Waals surface area contributed by atoms with Gasteiger partial charge in [0.15, 0.2) is 0 Å². The van der Waals surface area contributed by atoms with E-state index < -0.39 is 11.4 Å². The molecule has 0 unspecified atom stereocenters. The van der Waals surface area contributed by atoms with Gasteiger partial charge >= 0.3 is 5.97 Å². The summed E-state index contributed by atoms with van der Waals surface area (Å²) in [4.78, 5) is 34.3. The van der Waals surface area contributed by atoms with Crippen molar-refractivity contribution < 1.29 is 19.5 Å². The summed E-state index contributed by atoms with van der Waals surface area (Å²) in [5.74, 6) is -1.89. The lowest BCUT2D eigenvalue weighted by atomic mass is 9.92. The van der Waals surface area contributed by atoms with Gasteiger partial charge in [-0.2, -0.15) is 0 Å². The van der Waals surface area contributed by atoms with Gasteiger partial charge in [0.1, 0.15) is 0 Å². The summed E-state index contributed by atoms with van der Waals surface area (Å²) in [5.41, 5.74) is 5.09. The number of carboxylic acid groups (broad SMARTS) is 1. The smallest absolute Gasteiger partial charge is 0.337 e. The maximum atomic E-state index is 12.0. The number of anilines is 2. The molecule has 0 fully saturated rings. The number of hydrogen-bond donors (Lipinski definition) is 4. The Morgan fingerprint density at radius 2 is 1.86 bits per heavy atom. The van der Waals surface area contributed by atoms with E-state index in [0.717, 1.165) is 0 Å². The van der Waals surface area contributed by atoms with Crippen LogP contribution in [0.15, 0.2) is 18.2 Å². The Labute approximate surface area is 122 Å². The molecule has 2 amide bonds. The molecule has 1 rings (SSSR count). The number of nitrogens with two attached hydrogens (primary N) is 1. The summed E-state index contributed by atoms with van der Waals surface area (Å²) in [6, 6.07) is 4.23. The lowest BCUT2D eigenvalue weighted by Crippen LogP contribution is -2.37. The summed E-state index contributed by atoms with van der Waals surface area (Å²) in [6.45, 7) is 4.77. The number of benzene rings is 1. The molecule has 21 heavy (non-hydrogen) atoms. The standard InChI is InChI=1S/C14H19N3O4/c1-8(18)16-9-4-5-11(10(6-9)12(19)20)17-13(21)14(2,3)7-15/h4-6H,7,15H2,1-3H3,(H,16,18)(H,17,21)(H,19,20). The lowest BCUT2D eigenvalue weighted by molar-refractivity contribution is -0.123. The fourth-order valence-electron chi connectivity index (χ4n) is 1.50. The first-order chi connectivity index (χ1) is 9.67. The van der Waals surface area contributed by atoms with E-state index in [-0.39, 0.29) is 29.6 Å². The molecular weight excluding hydrogens is 274 g/mol. The largest absolute Gasteiger partial charge is 0.478 e. The van der Waals surface area contributed by atoms with Crippen LogP contribution in [0.25, 0.3) is 0 Å². The van der Waals surface area contributed by atoms with Crippen molar-refractivity contribution in [2.45, 2.75) is 20.8 Å². The molecule has 0 aromatic heterocycles. The number of carbonyl (C=O) groups is 3. The molecule has 1 aromatic carbocycles. The number of hydrogen-bond acceptors (Lipinski definition) is 4. The summed E-state index contributed by atoms with van der Waals surface area (Å²) in [6.07, 6.45) is 0. The highest BCUT2D eigenvalue weighted by Crippen LogP contribution is 2.23. The van der Waals surface area contributed by atoms with Gasteiger partial charge in [0.2, 0.25) is 11.8 Å².